The Morgan fingerprint density at radius 3 is 2.47 bits per heavy atom. The van der Waals surface area contributed by atoms with Gasteiger partial charge in [-0.15, -0.1) is 11.3 Å². The van der Waals surface area contributed by atoms with Gasteiger partial charge >= 0.3 is 11.9 Å². The van der Waals surface area contributed by atoms with Crippen LogP contribution in [0.25, 0.3) is 0 Å². The minimum absolute atomic E-state index is 0.158. The fourth-order valence-corrected chi connectivity index (χ4v) is 5.06. The first-order chi connectivity index (χ1) is 15.3. The third-order valence-corrected chi connectivity index (χ3v) is 6.81. The second kappa shape index (κ2) is 11.2. The predicted octanol–water partition coefficient (Wildman–Crippen LogP) is 5.32. The molecule has 0 fully saturated rings. The van der Waals surface area contributed by atoms with E-state index in [1.807, 2.05) is 0 Å². The Bertz CT molecular complexity index is 1040. The number of carbonyl (C=O) groups excluding carboxylic acids is 3. The Morgan fingerprint density at radius 2 is 1.72 bits per heavy atom. The molecule has 0 bridgehead atoms. The largest absolute Gasteiger partial charge is 0.480 e. The minimum Gasteiger partial charge on any atom is -0.480 e. The Morgan fingerprint density at radius 1 is 1.00 bits per heavy atom. The molecule has 0 spiro atoms. The number of benzene rings is 1. The van der Waals surface area contributed by atoms with E-state index in [4.69, 9.17) is 49.0 Å². The third kappa shape index (κ3) is 6.07. The van der Waals surface area contributed by atoms with E-state index >= 15 is 0 Å². The van der Waals surface area contributed by atoms with Crippen LogP contribution in [0.5, 0.6) is 5.75 Å². The second-order valence-corrected chi connectivity index (χ2v) is 9.16. The van der Waals surface area contributed by atoms with Gasteiger partial charge in [-0.2, -0.15) is 0 Å². The summed E-state index contributed by atoms with van der Waals surface area (Å²) in [7, 11) is 0. The molecule has 0 unspecified atom stereocenters. The smallest absolute Gasteiger partial charge is 0.344 e. The van der Waals surface area contributed by atoms with Gasteiger partial charge in [-0.25, -0.2) is 9.59 Å². The maximum Gasteiger partial charge on any atom is 0.344 e. The van der Waals surface area contributed by atoms with Crippen LogP contribution in [0.2, 0.25) is 15.1 Å². The van der Waals surface area contributed by atoms with Gasteiger partial charge in [0.1, 0.15) is 10.8 Å². The lowest BCUT2D eigenvalue weighted by Crippen LogP contribution is -2.24. The van der Waals surface area contributed by atoms with Gasteiger partial charge in [-0.05, 0) is 44.2 Å². The average molecular weight is 521 g/mol. The van der Waals surface area contributed by atoms with Crippen LogP contribution in [0.4, 0.5) is 5.00 Å². The number of rotatable bonds is 8. The van der Waals surface area contributed by atoms with Crippen LogP contribution >= 0.6 is 46.1 Å². The maximum absolute atomic E-state index is 12.4. The number of nitrogens with one attached hydrogen (secondary N) is 1. The molecule has 1 heterocycles. The molecule has 0 radical (unpaired) electrons. The van der Waals surface area contributed by atoms with E-state index in [1.165, 1.54) is 23.5 Å². The van der Waals surface area contributed by atoms with Gasteiger partial charge in [0.2, 0.25) is 0 Å². The summed E-state index contributed by atoms with van der Waals surface area (Å²) in [5.41, 5.74) is 1.32. The molecule has 2 aromatic rings. The zero-order valence-electron chi connectivity index (χ0n) is 17.1. The highest BCUT2D eigenvalue weighted by molar-refractivity contribution is 7.17. The number of thiophene rings is 1. The maximum atomic E-state index is 12.4. The van der Waals surface area contributed by atoms with Crippen LogP contribution in [0.3, 0.4) is 0 Å². The summed E-state index contributed by atoms with van der Waals surface area (Å²) in [5, 5.41) is 3.73. The molecule has 11 heteroatoms. The van der Waals surface area contributed by atoms with Crippen molar-refractivity contribution in [2.24, 2.45) is 0 Å². The summed E-state index contributed by atoms with van der Waals surface area (Å²) in [6, 6.07) is 2.77. The van der Waals surface area contributed by atoms with Gasteiger partial charge in [0.25, 0.3) is 5.91 Å². The average Bonchev–Trinajstić information content (AvgIpc) is 3.11. The van der Waals surface area contributed by atoms with Gasteiger partial charge in [0.05, 0.1) is 27.2 Å². The summed E-state index contributed by atoms with van der Waals surface area (Å²) < 4.78 is 15.4. The van der Waals surface area contributed by atoms with E-state index in [1.54, 1.807) is 6.92 Å². The molecule has 3 rings (SSSR count). The van der Waals surface area contributed by atoms with Gasteiger partial charge < -0.3 is 19.5 Å². The first-order valence-electron chi connectivity index (χ1n) is 9.84. The quantitative estimate of drug-likeness (QED) is 0.374. The SMILES string of the molecule is CCOC(=O)c1c(NC(=O)COC(=O)COc2cc(Cl)c(Cl)cc2Cl)sc2c1CCCC2. The Labute approximate surface area is 203 Å². The third-order valence-electron chi connectivity index (χ3n) is 4.59. The number of halogens is 3. The molecule has 1 aliphatic carbocycles. The first kappa shape index (κ1) is 24.6. The molecule has 0 atom stereocenters. The molecule has 1 aromatic carbocycles. The number of fused-ring (bicyclic) bond motifs is 1. The molecular formula is C21H20Cl3NO6S. The van der Waals surface area contributed by atoms with Crippen molar-refractivity contribution in [3.05, 3.63) is 43.2 Å². The topological polar surface area (TPSA) is 90.9 Å². The number of anilines is 1. The van der Waals surface area contributed by atoms with Crippen molar-refractivity contribution in [3.63, 3.8) is 0 Å². The number of esters is 2. The van der Waals surface area contributed by atoms with Crippen molar-refractivity contribution in [2.75, 3.05) is 25.1 Å². The highest BCUT2D eigenvalue weighted by Gasteiger charge is 2.27. The Balaban J connectivity index is 1.57. The molecule has 1 aromatic heterocycles. The van der Waals surface area contributed by atoms with E-state index < -0.39 is 31.1 Å². The molecule has 7 nitrogen and oxygen atoms in total. The summed E-state index contributed by atoms with van der Waals surface area (Å²) in [4.78, 5) is 37.8. The summed E-state index contributed by atoms with van der Waals surface area (Å²) in [5.74, 6) is -1.66. The van der Waals surface area contributed by atoms with Crippen LogP contribution in [-0.2, 0) is 31.9 Å². The van der Waals surface area contributed by atoms with E-state index in [0.29, 0.717) is 10.6 Å². The fourth-order valence-electron chi connectivity index (χ4n) is 3.18. The number of ether oxygens (including phenoxy) is 3. The van der Waals surface area contributed by atoms with E-state index in [0.717, 1.165) is 36.1 Å². The van der Waals surface area contributed by atoms with Gasteiger partial charge in [-0.1, -0.05) is 34.8 Å². The van der Waals surface area contributed by atoms with E-state index in [-0.39, 0.29) is 27.4 Å². The lowest BCUT2D eigenvalue weighted by Gasteiger charge is -2.12. The van der Waals surface area contributed by atoms with Gasteiger partial charge in [0, 0.05) is 10.9 Å². The fraction of sp³-hybridized carbons (Fsp3) is 0.381. The highest BCUT2D eigenvalue weighted by atomic mass is 35.5. The van der Waals surface area contributed by atoms with Crippen LogP contribution in [0.1, 0.15) is 40.6 Å². The van der Waals surface area contributed by atoms with Crippen molar-refractivity contribution in [3.8, 4) is 5.75 Å². The van der Waals surface area contributed by atoms with Crippen LogP contribution in [0.15, 0.2) is 12.1 Å². The van der Waals surface area contributed by atoms with Crippen LogP contribution in [-0.4, -0.2) is 37.7 Å². The number of amides is 1. The Kier molecular flexibility index (Phi) is 8.64. The molecule has 1 N–H and O–H groups in total. The summed E-state index contributed by atoms with van der Waals surface area (Å²) in [6.45, 7) is 0.938. The monoisotopic (exact) mass is 519 g/mol. The van der Waals surface area contributed by atoms with E-state index in [9.17, 15) is 14.4 Å². The minimum atomic E-state index is -0.779. The number of hydrogen-bond donors (Lipinski definition) is 1. The number of aryl methyl sites for hydroxylation is 1. The Hall–Kier alpha value is -2.00. The molecule has 0 aliphatic heterocycles. The lowest BCUT2D eigenvalue weighted by molar-refractivity contribution is -0.149. The summed E-state index contributed by atoms with van der Waals surface area (Å²) in [6.07, 6.45) is 3.62. The molecule has 1 amide bonds. The van der Waals surface area contributed by atoms with Crippen LogP contribution < -0.4 is 10.1 Å². The molecule has 1 aliphatic rings. The molecule has 172 valence electrons. The van der Waals surface area contributed by atoms with E-state index in [2.05, 4.69) is 5.32 Å². The number of carbonyl (C=O) groups is 3. The van der Waals surface area contributed by atoms with Crippen molar-refractivity contribution >= 4 is 69.0 Å². The molecule has 0 saturated carbocycles. The van der Waals surface area contributed by atoms with Crippen molar-refractivity contribution in [1.29, 1.82) is 0 Å². The normalized spacial score (nSPS) is 12.6. The van der Waals surface area contributed by atoms with Crippen LogP contribution in [0, 0.1) is 0 Å². The predicted molar refractivity (Wildman–Crippen MR) is 123 cm³/mol. The summed E-state index contributed by atoms with van der Waals surface area (Å²) >= 11 is 19.1. The zero-order chi connectivity index (χ0) is 23.3. The molecule has 32 heavy (non-hydrogen) atoms. The highest BCUT2D eigenvalue weighted by Crippen LogP contribution is 2.38. The van der Waals surface area contributed by atoms with Gasteiger partial charge in [0.15, 0.2) is 13.2 Å². The van der Waals surface area contributed by atoms with Gasteiger partial charge in [-0.3, -0.25) is 4.79 Å². The zero-order valence-corrected chi connectivity index (χ0v) is 20.2. The van der Waals surface area contributed by atoms with Crippen molar-refractivity contribution < 1.29 is 28.6 Å². The molecular weight excluding hydrogens is 501 g/mol. The first-order valence-corrected chi connectivity index (χ1v) is 11.8. The number of hydrogen-bond acceptors (Lipinski definition) is 7. The standard InChI is InChI=1S/C21H20Cl3NO6S/c1-2-29-21(28)19-11-5-3-4-6-16(11)32-20(19)25-17(26)9-31-18(27)10-30-15-8-13(23)12(22)7-14(15)24/h7-8H,2-6,9-10H2,1H3,(H,25,26). The molecule has 0 saturated heterocycles. The lowest BCUT2D eigenvalue weighted by atomic mass is 9.95. The van der Waals surface area contributed by atoms with Crippen molar-refractivity contribution in [2.45, 2.75) is 32.6 Å². The second-order valence-electron chi connectivity index (χ2n) is 6.83. The van der Waals surface area contributed by atoms with Crippen molar-refractivity contribution in [1.82, 2.24) is 0 Å².